The maximum atomic E-state index is 13.9. The third kappa shape index (κ3) is 5.65. The highest BCUT2D eigenvalue weighted by atomic mass is 35.5. The topological polar surface area (TPSA) is 64.8 Å². The first-order valence-corrected chi connectivity index (χ1v) is 14.0. The summed E-state index contributed by atoms with van der Waals surface area (Å²) in [7, 11) is 0. The molecule has 3 heterocycles. The Bertz CT molecular complexity index is 1380. The van der Waals surface area contributed by atoms with E-state index in [9.17, 15) is 23.1 Å². The lowest BCUT2D eigenvalue weighted by Crippen LogP contribution is -2.46. The number of aryl methyl sites for hydroxylation is 1. The van der Waals surface area contributed by atoms with Crippen molar-refractivity contribution in [3.05, 3.63) is 64.4 Å². The van der Waals surface area contributed by atoms with Gasteiger partial charge in [-0.25, -0.2) is 4.79 Å². The number of anilines is 2. The summed E-state index contributed by atoms with van der Waals surface area (Å²) in [5.74, 6) is -1.64. The van der Waals surface area contributed by atoms with Crippen molar-refractivity contribution in [2.45, 2.75) is 38.9 Å². The van der Waals surface area contributed by atoms with Crippen molar-refractivity contribution in [3.8, 4) is 11.1 Å². The second kappa shape index (κ2) is 11.3. The largest absolute Gasteiger partial charge is 0.478 e. The molecule has 1 aromatic heterocycles. The number of piperidine rings is 1. The van der Waals surface area contributed by atoms with E-state index in [0.29, 0.717) is 24.4 Å². The Balaban J connectivity index is 1.45. The number of rotatable bonds is 6. The summed E-state index contributed by atoms with van der Waals surface area (Å²) in [5, 5.41) is 13.8. The number of hydrogen-bond acceptors (Lipinski definition) is 5. The molecule has 0 spiro atoms. The maximum absolute atomic E-state index is 13.9. The number of carboxylic acids is 1. The van der Waals surface area contributed by atoms with Gasteiger partial charge in [-0.3, -0.25) is 4.68 Å². The Morgan fingerprint density at radius 1 is 1.05 bits per heavy atom. The van der Waals surface area contributed by atoms with Gasteiger partial charge in [-0.15, -0.1) is 0 Å². The van der Waals surface area contributed by atoms with Crippen LogP contribution in [-0.2, 0) is 6.18 Å². The highest BCUT2D eigenvalue weighted by Crippen LogP contribution is 2.40. The molecule has 1 unspecified atom stereocenters. The molecular formula is C29H33ClF3N5O2. The maximum Gasteiger partial charge on any atom is 0.433 e. The Labute approximate surface area is 236 Å². The molecule has 0 aliphatic carbocycles. The van der Waals surface area contributed by atoms with Crippen molar-refractivity contribution in [2.75, 3.05) is 55.6 Å². The van der Waals surface area contributed by atoms with Crippen molar-refractivity contribution in [2.24, 2.45) is 0 Å². The molecule has 0 saturated carbocycles. The molecule has 2 aromatic carbocycles. The molecule has 3 aromatic rings. The van der Waals surface area contributed by atoms with E-state index in [4.69, 9.17) is 11.6 Å². The number of aromatic nitrogens is 2. The van der Waals surface area contributed by atoms with Crippen LogP contribution in [0.1, 0.15) is 47.4 Å². The van der Waals surface area contributed by atoms with Gasteiger partial charge >= 0.3 is 12.1 Å². The van der Waals surface area contributed by atoms with Crippen LogP contribution >= 0.6 is 11.6 Å². The number of carbonyl (C=O) groups is 1. The number of halogens is 4. The zero-order valence-corrected chi connectivity index (χ0v) is 23.3. The normalized spacial score (nSPS) is 18.8. The summed E-state index contributed by atoms with van der Waals surface area (Å²) in [4.78, 5) is 18.4. The standard InChI is InChI=1S/C29H33ClF3N5O2/c1-3-35-11-13-36(14-12-35)21-7-9-23(19(2)15-21)24-8-6-20(30)16-26(24)37-10-4-5-22(18-37)38-27(29(31,32)33)25(17-34-38)28(39)40/h6-9,15-17,22H,3-5,10-14,18H2,1-2H3,(H,39,40). The second-order valence-electron chi connectivity index (χ2n) is 10.5. The van der Waals surface area contributed by atoms with E-state index in [2.05, 4.69) is 46.9 Å². The lowest BCUT2D eigenvalue weighted by Gasteiger charge is -2.37. The zero-order chi connectivity index (χ0) is 28.6. The zero-order valence-electron chi connectivity index (χ0n) is 22.6. The predicted molar refractivity (Wildman–Crippen MR) is 151 cm³/mol. The SMILES string of the molecule is CCN1CCN(c2ccc(-c3ccc(Cl)cc3N3CCCC(n4ncc(C(=O)O)c4C(F)(F)F)C3)c(C)c2)CC1. The van der Waals surface area contributed by atoms with Gasteiger partial charge < -0.3 is 19.8 Å². The lowest BCUT2D eigenvalue weighted by atomic mass is 9.96. The molecule has 5 rings (SSSR count). The highest BCUT2D eigenvalue weighted by Gasteiger charge is 2.42. The van der Waals surface area contributed by atoms with Gasteiger partial charge in [0.15, 0.2) is 5.69 Å². The van der Waals surface area contributed by atoms with Gasteiger partial charge in [-0.2, -0.15) is 18.3 Å². The average Bonchev–Trinajstić information content (AvgIpc) is 3.40. The van der Waals surface area contributed by atoms with Crippen LogP contribution in [0.4, 0.5) is 24.5 Å². The summed E-state index contributed by atoms with van der Waals surface area (Å²) in [6, 6.07) is 11.4. The molecule has 2 fully saturated rings. The summed E-state index contributed by atoms with van der Waals surface area (Å²) >= 11 is 6.42. The Hall–Kier alpha value is -3.24. The minimum absolute atomic E-state index is 0.246. The fourth-order valence-electron chi connectivity index (χ4n) is 5.91. The van der Waals surface area contributed by atoms with Gasteiger partial charge in [0.2, 0.25) is 0 Å². The molecule has 0 radical (unpaired) electrons. The molecule has 0 amide bonds. The first-order chi connectivity index (χ1) is 19.1. The van der Waals surface area contributed by atoms with E-state index in [-0.39, 0.29) is 6.54 Å². The minimum Gasteiger partial charge on any atom is -0.478 e. The average molecular weight is 576 g/mol. The number of alkyl halides is 3. The molecule has 214 valence electrons. The predicted octanol–water partition coefficient (Wildman–Crippen LogP) is 6.21. The number of piperazine rings is 1. The van der Waals surface area contributed by atoms with Crippen molar-refractivity contribution in [3.63, 3.8) is 0 Å². The van der Waals surface area contributed by atoms with Gasteiger partial charge in [0, 0.05) is 61.2 Å². The quantitative estimate of drug-likeness (QED) is 0.377. The van der Waals surface area contributed by atoms with Gasteiger partial charge in [0.1, 0.15) is 5.56 Å². The molecular weight excluding hydrogens is 543 g/mol. The van der Waals surface area contributed by atoms with Crippen LogP contribution in [0, 0.1) is 6.92 Å². The third-order valence-corrected chi connectivity index (χ3v) is 8.26. The monoisotopic (exact) mass is 575 g/mol. The number of aromatic carboxylic acids is 1. The number of carboxylic acid groups (broad SMARTS) is 1. The number of hydrogen-bond donors (Lipinski definition) is 1. The molecule has 2 aliphatic rings. The van der Waals surface area contributed by atoms with E-state index < -0.39 is 29.4 Å². The van der Waals surface area contributed by atoms with Crippen LogP contribution in [0.2, 0.25) is 5.02 Å². The van der Waals surface area contributed by atoms with Gasteiger partial charge in [0.05, 0.1) is 12.2 Å². The first-order valence-electron chi connectivity index (χ1n) is 13.6. The minimum atomic E-state index is -4.84. The molecule has 11 heteroatoms. The lowest BCUT2D eigenvalue weighted by molar-refractivity contribution is -0.145. The van der Waals surface area contributed by atoms with Crippen molar-refractivity contribution in [1.29, 1.82) is 0 Å². The summed E-state index contributed by atoms with van der Waals surface area (Å²) in [6.45, 7) is 10.2. The smallest absolute Gasteiger partial charge is 0.433 e. The molecule has 7 nitrogen and oxygen atoms in total. The van der Waals surface area contributed by atoms with Crippen LogP contribution in [0.15, 0.2) is 42.6 Å². The number of benzene rings is 2. The molecule has 1 atom stereocenters. The highest BCUT2D eigenvalue weighted by molar-refractivity contribution is 6.31. The molecule has 1 N–H and O–H groups in total. The summed E-state index contributed by atoms with van der Waals surface area (Å²) < 4.78 is 42.6. The third-order valence-electron chi connectivity index (χ3n) is 8.02. The Morgan fingerprint density at radius 3 is 2.42 bits per heavy atom. The number of likely N-dealkylation sites (N-methyl/N-ethyl adjacent to an activating group) is 1. The molecule has 2 aliphatic heterocycles. The summed E-state index contributed by atoms with van der Waals surface area (Å²) in [6.07, 6.45) is -2.97. The van der Waals surface area contributed by atoms with Crippen LogP contribution in [0.5, 0.6) is 0 Å². The first kappa shape index (κ1) is 28.3. The van der Waals surface area contributed by atoms with E-state index >= 15 is 0 Å². The Kier molecular flexibility index (Phi) is 8.01. The molecule has 2 saturated heterocycles. The van der Waals surface area contributed by atoms with Crippen molar-refractivity contribution >= 4 is 28.9 Å². The molecule has 0 bridgehead atoms. The Morgan fingerprint density at radius 2 is 1.77 bits per heavy atom. The molecule has 40 heavy (non-hydrogen) atoms. The van der Waals surface area contributed by atoms with Crippen LogP contribution in [-0.4, -0.2) is 71.6 Å². The van der Waals surface area contributed by atoms with Crippen LogP contribution in [0.3, 0.4) is 0 Å². The van der Waals surface area contributed by atoms with E-state index in [0.717, 1.165) is 66.0 Å². The van der Waals surface area contributed by atoms with E-state index in [1.807, 2.05) is 23.1 Å². The fraction of sp³-hybridized carbons (Fsp3) is 0.448. The van der Waals surface area contributed by atoms with E-state index in [1.54, 1.807) is 0 Å². The van der Waals surface area contributed by atoms with Gasteiger partial charge in [-0.05, 0) is 61.7 Å². The van der Waals surface area contributed by atoms with Crippen molar-refractivity contribution in [1.82, 2.24) is 14.7 Å². The fourth-order valence-corrected chi connectivity index (χ4v) is 6.08. The second-order valence-corrected chi connectivity index (χ2v) is 10.9. The van der Waals surface area contributed by atoms with Gasteiger partial charge in [0.25, 0.3) is 0 Å². The summed E-state index contributed by atoms with van der Waals surface area (Å²) in [5.41, 5.74) is 3.05. The van der Waals surface area contributed by atoms with Crippen molar-refractivity contribution < 1.29 is 23.1 Å². The van der Waals surface area contributed by atoms with E-state index in [1.165, 1.54) is 5.69 Å². The van der Waals surface area contributed by atoms with Crippen LogP contribution < -0.4 is 9.80 Å². The van der Waals surface area contributed by atoms with Crippen LogP contribution in [0.25, 0.3) is 11.1 Å². The number of nitrogens with zero attached hydrogens (tertiary/aromatic N) is 5. The van der Waals surface area contributed by atoms with Gasteiger partial charge in [-0.1, -0.05) is 30.7 Å².